The number of nitrogens with zero attached hydrogens (tertiary/aromatic N) is 1. The topological polar surface area (TPSA) is 127 Å². The fourth-order valence-corrected chi connectivity index (χ4v) is 3.78. The molecule has 20 heavy (non-hydrogen) atoms. The number of anilines is 1. The molecule has 4 N–H and O–H groups in total. The lowest BCUT2D eigenvalue weighted by Gasteiger charge is -2.32. The first-order valence-electron chi connectivity index (χ1n) is 6.11. The van der Waals surface area contributed by atoms with Crippen LogP contribution in [0.15, 0.2) is 23.1 Å². The van der Waals surface area contributed by atoms with E-state index in [1.54, 1.807) is 0 Å². The van der Waals surface area contributed by atoms with Gasteiger partial charge >= 0.3 is 5.69 Å². The minimum absolute atomic E-state index is 0.0418. The van der Waals surface area contributed by atoms with Crippen LogP contribution in [0.3, 0.4) is 0 Å². The monoisotopic (exact) mass is 300 g/mol. The van der Waals surface area contributed by atoms with E-state index in [0.29, 0.717) is 5.92 Å². The molecule has 2 rings (SSSR count). The number of nitrogens with two attached hydrogens (primary N) is 1. The first-order chi connectivity index (χ1) is 9.35. The number of para-hydroxylation sites is 1. The molecule has 0 aliphatic heterocycles. The molecule has 0 amide bonds. The second kappa shape index (κ2) is 5.35. The Morgan fingerprint density at radius 2 is 2.05 bits per heavy atom. The molecule has 1 saturated carbocycles. The summed E-state index contributed by atoms with van der Waals surface area (Å²) < 4.78 is 27.0. The number of hydrazine groups is 1. The summed E-state index contributed by atoms with van der Waals surface area (Å²) >= 11 is 0. The molecule has 8 nitrogen and oxygen atoms in total. The average Bonchev–Trinajstić information content (AvgIpc) is 2.35. The third-order valence-corrected chi connectivity index (χ3v) is 4.87. The van der Waals surface area contributed by atoms with Crippen molar-refractivity contribution in [3.05, 3.63) is 28.3 Å². The third-order valence-electron chi connectivity index (χ3n) is 3.32. The van der Waals surface area contributed by atoms with Crippen LogP contribution in [0.5, 0.6) is 0 Å². The van der Waals surface area contributed by atoms with Gasteiger partial charge in [-0.2, -0.15) is 0 Å². The van der Waals surface area contributed by atoms with E-state index in [1.165, 1.54) is 18.2 Å². The Bertz CT molecular complexity index is 625. The fraction of sp³-hybridized carbons (Fsp3) is 0.455. The number of benzene rings is 1. The highest BCUT2D eigenvalue weighted by molar-refractivity contribution is 7.89. The van der Waals surface area contributed by atoms with E-state index < -0.39 is 20.6 Å². The van der Waals surface area contributed by atoms with Gasteiger partial charge in [-0.3, -0.25) is 16.0 Å². The maximum atomic E-state index is 12.3. The van der Waals surface area contributed by atoms with Crippen molar-refractivity contribution in [3.8, 4) is 0 Å². The van der Waals surface area contributed by atoms with E-state index in [-0.39, 0.29) is 16.6 Å². The van der Waals surface area contributed by atoms with Crippen LogP contribution < -0.4 is 16.0 Å². The average molecular weight is 300 g/mol. The molecule has 0 radical (unpaired) electrons. The summed E-state index contributed by atoms with van der Waals surface area (Å²) in [6, 6.07) is 3.79. The van der Waals surface area contributed by atoms with Crippen molar-refractivity contribution in [1.29, 1.82) is 0 Å². The molecule has 1 aliphatic rings. The summed E-state index contributed by atoms with van der Waals surface area (Å²) in [6.07, 6.45) is 1.48. The van der Waals surface area contributed by atoms with Gasteiger partial charge in [0.15, 0.2) is 4.90 Å². The largest absolute Gasteiger partial charge is 0.318 e. The van der Waals surface area contributed by atoms with Crippen molar-refractivity contribution in [2.75, 3.05) is 5.43 Å². The SMILES string of the molecule is CC1CC(NS(=O)(=O)c2cccc(NN)c2[N+](=O)[O-])C1. The summed E-state index contributed by atoms with van der Waals surface area (Å²) in [5, 5.41) is 11.1. The summed E-state index contributed by atoms with van der Waals surface area (Å²) in [5.74, 6) is 5.66. The molecule has 0 heterocycles. The minimum Gasteiger partial charge on any atom is -0.318 e. The second-order valence-corrected chi connectivity index (χ2v) is 6.63. The van der Waals surface area contributed by atoms with Crippen LogP contribution in [0.4, 0.5) is 11.4 Å². The molecule has 9 heteroatoms. The van der Waals surface area contributed by atoms with Crippen molar-refractivity contribution in [2.24, 2.45) is 11.8 Å². The van der Waals surface area contributed by atoms with Crippen molar-refractivity contribution < 1.29 is 13.3 Å². The Kier molecular flexibility index (Phi) is 3.93. The molecule has 1 aromatic rings. The Morgan fingerprint density at radius 3 is 2.55 bits per heavy atom. The zero-order valence-electron chi connectivity index (χ0n) is 10.9. The minimum atomic E-state index is -3.94. The lowest BCUT2D eigenvalue weighted by molar-refractivity contribution is -0.386. The van der Waals surface area contributed by atoms with Crippen molar-refractivity contribution in [1.82, 2.24) is 4.72 Å². The number of nitrogen functional groups attached to an aromatic ring is 1. The van der Waals surface area contributed by atoms with E-state index in [0.717, 1.165) is 12.8 Å². The Labute approximate surface area is 116 Å². The third kappa shape index (κ3) is 2.74. The number of nitrogens with one attached hydrogen (secondary N) is 2. The zero-order valence-corrected chi connectivity index (χ0v) is 11.7. The lowest BCUT2D eigenvalue weighted by Crippen LogP contribution is -2.43. The highest BCUT2D eigenvalue weighted by Crippen LogP contribution is 2.33. The highest BCUT2D eigenvalue weighted by Gasteiger charge is 2.34. The second-order valence-electron chi connectivity index (χ2n) is 4.95. The smallest absolute Gasteiger partial charge is 0.313 e. The zero-order chi connectivity index (χ0) is 14.9. The van der Waals surface area contributed by atoms with Crippen LogP contribution in [0.1, 0.15) is 19.8 Å². The molecule has 0 spiro atoms. The number of nitro benzene ring substituents is 1. The quantitative estimate of drug-likeness (QED) is 0.422. The van der Waals surface area contributed by atoms with Gasteiger partial charge in [0.1, 0.15) is 5.69 Å². The summed E-state index contributed by atoms with van der Waals surface area (Å²) in [4.78, 5) is 9.95. The van der Waals surface area contributed by atoms with Gasteiger partial charge in [-0.05, 0) is 30.9 Å². The number of nitro groups is 1. The van der Waals surface area contributed by atoms with E-state index in [2.05, 4.69) is 10.1 Å². The first-order valence-corrected chi connectivity index (χ1v) is 7.60. The number of hydrogen-bond donors (Lipinski definition) is 3. The van der Waals surface area contributed by atoms with Gasteiger partial charge in [-0.15, -0.1) is 0 Å². The molecule has 1 fully saturated rings. The summed E-state index contributed by atoms with van der Waals surface area (Å²) in [6.45, 7) is 2.02. The van der Waals surface area contributed by atoms with Gasteiger partial charge < -0.3 is 5.43 Å². The maximum absolute atomic E-state index is 12.3. The van der Waals surface area contributed by atoms with Crippen LogP contribution in [0, 0.1) is 16.0 Å². The van der Waals surface area contributed by atoms with Gasteiger partial charge in [-0.25, -0.2) is 13.1 Å². The molecule has 0 bridgehead atoms. The predicted octanol–water partition coefficient (Wildman–Crippen LogP) is 0.957. The first kappa shape index (κ1) is 14.7. The molecule has 1 aromatic carbocycles. The van der Waals surface area contributed by atoms with E-state index >= 15 is 0 Å². The van der Waals surface area contributed by atoms with Crippen LogP contribution in [0.25, 0.3) is 0 Å². The number of hydrogen-bond acceptors (Lipinski definition) is 6. The van der Waals surface area contributed by atoms with Crippen LogP contribution in [0.2, 0.25) is 0 Å². The van der Waals surface area contributed by atoms with Crippen LogP contribution >= 0.6 is 0 Å². The summed E-state index contributed by atoms with van der Waals surface area (Å²) in [7, 11) is -3.94. The standard InChI is InChI=1S/C11H16N4O4S/c1-7-5-8(6-7)14-20(18,19)10-4-2-3-9(13-12)11(10)15(16)17/h2-4,7-8,13-14H,5-6,12H2,1H3. The maximum Gasteiger partial charge on any atom is 0.313 e. The number of sulfonamides is 1. The molecule has 1 aliphatic carbocycles. The van der Waals surface area contributed by atoms with Crippen LogP contribution in [-0.2, 0) is 10.0 Å². The Balaban J connectivity index is 2.38. The van der Waals surface area contributed by atoms with Gasteiger partial charge in [0.2, 0.25) is 10.0 Å². The number of rotatable bonds is 5. The van der Waals surface area contributed by atoms with E-state index in [4.69, 9.17) is 5.84 Å². The lowest BCUT2D eigenvalue weighted by atomic mass is 9.83. The highest BCUT2D eigenvalue weighted by atomic mass is 32.2. The molecule has 0 atom stereocenters. The Hall–Kier alpha value is -1.71. The van der Waals surface area contributed by atoms with Crippen molar-refractivity contribution in [2.45, 2.75) is 30.7 Å². The van der Waals surface area contributed by atoms with Gasteiger partial charge in [0, 0.05) is 6.04 Å². The molecular formula is C11H16N4O4S. The van der Waals surface area contributed by atoms with Crippen molar-refractivity contribution >= 4 is 21.4 Å². The predicted molar refractivity (Wildman–Crippen MR) is 73.4 cm³/mol. The Morgan fingerprint density at radius 1 is 1.40 bits per heavy atom. The van der Waals surface area contributed by atoms with Gasteiger partial charge in [-0.1, -0.05) is 13.0 Å². The van der Waals surface area contributed by atoms with Crippen molar-refractivity contribution in [3.63, 3.8) is 0 Å². The summed E-state index contributed by atoms with van der Waals surface area (Å²) in [5.41, 5.74) is 1.56. The molecular weight excluding hydrogens is 284 g/mol. The van der Waals surface area contributed by atoms with E-state index in [1.807, 2.05) is 6.92 Å². The normalized spacial score (nSPS) is 22.1. The molecule has 0 aromatic heterocycles. The molecule has 0 saturated heterocycles. The molecule has 110 valence electrons. The van der Waals surface area contributed by atoms with Gasteiger partial charge in [0.05, 0.1) is 4.92 Å². The fourth-order valence-electron chi connectivity index (χ4n) is 2.33. The molecule has 0 unspecified atom stereocenters. The van der Waals surface area contributed by atoms with E-state index in [9.17, 15) is 18.5 Å². The van der Waals surface area contributed by atoms with Crippen LogP contribution in [-0.4, -0.2) is 19.4 Å². The van der Waals surface area contributed by atoms with Gasteiger partial charge in [0.25, 0.3) is 0 Å².